The van der Waals surface area contributed by atoms with E-state index in [1.165, 1.54) is 13.2 Å². The predicted molar refractivity (Wildman–Crippen MR) is 129 cm³/mol. The lowest BCUT2D eigenvalue weighted by Gasteiger charge is -2.30. The Morgan fingerprint density at radius 2 is 1.89 bits per heavy atom. The SMILES string of the molecule is COc1ccc(-c2nc(C3CCC(N(O)C(N)=O)CC3)oc2-c2ccccc2S(N)(=O)=O)cc1Cl. The molecule has 0 bridgehead atoms. The Bertz CT molecular complexity index is 1350. The fourth-order valence-electron chi connectivity index (χ4n) is 4.35. The van der Waals surface area contributed by atoms with E-state index in [2.05, 4.69) is 0 Å². The second kappa shape index (κ2) is 9.86. The molecule has 10 nitrogen and oxygen atoms in total. The van der Waals surface area contributed by atoms with Crippen molar-refractivity contribution in [2.75, 3.05) is 7.11 Å². The predicted octanol–water partition coefficient (Wildman–Crippen LogP) is 4.11. The van der Waals surface area contributed by atoms with Gasteiger partial charge in [0.2, 0.25) is 10.0 Å². The van der Waals surface area contributed by atoms with Crippen molar-refractivity contribution < 1.29 is 27.6 Å². The standard InChI is InChI=1S/C23H25ClN4O6S/c1-33-18-11-8-14(12-17(18)24)20-21(16-4-2-3-5-19(16)35(26,31)32)34-22(27-20)13-6-9-15(10-7-13)28(30)23(25)29/h2-5,8,11-13,15,30H,6-7,9-10H2,1H3,(H2,25,29)(H2,26,31,32). The number of hydrogen-bond acceptors (Lipinski definition) is 7. The van der Waals surface area contributed by atoms with Gasteiger partial charge in [-0.15, -0.1) is 0 Å². The van der Waals surface area contributed by atoms with Gasteiger partial charge in [-0.25, -0.2) is 28.4 Å². The molecule has 0 spiro atoms. The van der Waals surface area contributed by atoms with Crippen LogP contribution in [0, 0.1) is 0 Å². The van der Waals surface area contributed by atoms with Crippen molar-refractivity contribution >= 4 is 27.7 Å². The number of hydroxylamine groups is 2. The number of oxazole rings is 1. The lowest BCUT2D eigenvalue weighted by atomic mass is 9.86. The molecule has 35 heavy (non-hydrogen) atoms. The normalized spacial score (nSPS) is 18.3. The van der Waals surface area contributed by atoms with Gasteiger partial charge in [-0.3, -0.25) is 5.21 Å². The highest BCUT2D eigenvalue weighted by molar-refractivity contribution is 7.89. The number of aromatic nitrogens is 1. The highest BCUT2D eigenvalue weighted by atomic mass is 35.5. The quantitative estimate of drug-likeness (QED) is 0.325. The maximum absolute atomic E-state index is 12.3. The summed E-state index contributed by atoms with van der Waals surface area (Å²) in [6, 6.07) is 10.1. The van der Waals surface area contributed by atoms with Crippen LogP contribution in [0.1, 0.15) is 37.5 Å². The molecule has 1 aromatic heterocycles. The van der Waals surface area contributed by atoms with Gasteiger partial charge in [-0.2, -0.15) is 0 Å². The van der Waals surface area contributed by atoms with E-state index in [-0.39, 0.29) is 28.2 Å². The lowest BCUT2D eigenvalue weighted by molar-refractivity contribution is -0.0854. The summed E-state index contributed by atoms with van der Waals surface area (Å²) in [5.74, 6) is 1.02. The number of carbonyl (C=O) groups is 1. The molecule has 2 amide bonds. The summed E-state index contributed by atoms with van der Waals surface area (Å²) in [7, 11) is -2.55. The molecule has 12 heteroatoms. The van der Waals surface area contributed by atoms with Crippen LogP contribution in [0.15, 0.2) is 51.8 Å². The molecule has 0 unspecified atom stereocenters. The molecule has 2 aromatic carbocycles. The number of ether oxygens (including phenoxy) is 1. The molecular formula is C23H25ClN4O6S. The lowest BCUT2D eigenvalue weighted by Crippen LogP contribution is -2.42. The molecule has 0 aliphatic heterocycles. The van der Waals surface area contributed by atoms with Gasteiger partial charge in [-0.05, 0) is 56.0 Å². The number of urea groups is 1. The molecule has 0 saturated heterocycles. The Kier molecular flexibility index (Phi) is 7.04. The van der Waals surface area contributed by atoms with E-state index in [4.69, 9.17) is 36.6 Å². The minimum Gasteiger partial charge on any atom is -0.495 e. The monoisotopic (exact) mass is 520 g/mol. The van der Waals surface area contributed by atoms with Crippen molar-refractivity contribution in [1.29, 1.82) is 0 Å². The Balaban J connectivity index is 1.78. The van der Waals surface area contributed by atoms with E-state index in [9.17, 15) is 18.4 Å². The summed E-state index contributed by atoms with van der Waals surface area (Å²) in [6.45, 7) is 0. The smallest absolute Gasteiger partial charge is 0.338 e. The summed E-state index contributed by atoms with van der Waals surface area (Å²) < 4.78 is 36.0. The van der Waals surface area contributed by atoms with Crippen molar-refractivity contribution in [3.8, 4) is 28.3 Å². The van der Waals surface area contributed by atoms with Gasteiger partial charge in [0, 0.05) is 17.0 Å². The number of methoxy groups -OCH3 is 1. The second-order valence-electron chi connectivity index (χ2n) is 8.31. The Hall–Kier alpha value is -3.12. The molecular weight excluding hydrogens is 496 g/mol. The topological polar surface area (TPSA) is 162 Å². The number of amides is 2. The van der Waals surface area contributed by atoms with Crippen LogP contribution in [-0.4, -0.2) is 42.9 Å². The maximum atomic E-state index is 12.3. The molecule has 1 heterocycles. The zero-order valence-corrected chi connectivity index (χ0v) is 20.4. The van der Waals surface area contributed by atoms with Gasteiger partial charge in [0.1, 0.15) is 11.4 Å². The molecule has 0 radical (unpaired) electrons. The van der Waals surface area contributed by atoms with Crippen molar-refractivity contribution in [3.63, 3.8) is 0 Å². The van der Waals surface area contributed by atoms with Crippen molar-refractivity contribution in [2.24, 2.45) is 10.9 Å². The van der Waals surface area contributed by atoms with E-state index in [0.717, 1.165) is 0 Å². The molecule has 0 atom stereocenters. The number of nitrogens with zero attached hydrogens (tertiary/aromatic N) is 2. The van der Waals surface area contributed by atoms with E-state index >= 15 is 0 Å². The van der Waals surface area contributed by atoms with Gasteiger partial charge in [0.05, 0.1) is 23.1 Å². The first-order valence-electron chi connectivity index (χ1n) is 10.8. The third-order valence-corrected chi connectivity index (χ3v) is 7.39. The molecule has 1 aliphatic carbocycles. The van der Waals surface area contributed by atoms with Crippen LogP contribution in [-0.2, 0) is 10.0 Å². The third-order valence-electron chi connectivity index (χ3n) is 6.12. The van der Waals surface area contributed by atoms with Gasteiger partial charge >= 0.3 is 6.03 Å². The fraction of sp³-hybridized carbons (Fsp3) is 0.304. The van der Waals surface area contributed by atoms with Crippen LogP contribution < -0.4 is 15.6 Å². The van der Waals surface area contributed by atoms with Crippen molar-refractivity contribution in [1.82, 2.24) is 10.0 Å². The molecule has 186 valence electrons. The van der Waals surface area contributed by atoms with Crippen LogP contribution in [0.5, 0.6) is 5.75 Å². The van der Waals surface area contributed by atoms with Crippen LogP contribution in [0.25, 0.3) is 22.6 Å². The summed E-state index contributed by atoms with van der Waals surface area (Å²) in [5.41, 5.74) is 6.46. The zero-order chi connectivity index (χ0) is 25.3. The van der Waals surface area contributed by atoms with Crippen molar-refractivity contribution in [3.05, 3.63) is 53.4 Å². The van der Waals surface area contributed by atoms with Crippen LogP contribution in [0.3, 0.4) is 0 Å². The average molecular weight is 521 g/mol. The van der Waals surface area contributed by atoms with Crippen molar-refractivity contribution in [2.45, 2.75) is 42.5 Å². The summed E-state index contributed by atoms with van der Waals surface area (Å²) in [6.07, 6.45) is 2.15. The van der Waals surface area contributed by atoms with E-state index in [1.54, 1.807) is 36.4 Å². The van der Waals surface area contributed by atoms with Gasteiger partial charge in [0.15, 0.2) is 11.7 Å². The zero-order valence-electron chi connectivity index (χ0n) is 18.8. The number of nitrogens with two attached hydrogens (primary N) is 2. The highest BCUT2D eigenvalue weighted by Gasteiger charge is 2.32. The third kappa shape index (κ3) is 5.13. The number of sulfonamides is 1. The van der Waals surface area contributed by atoms with Crippen LogP contribution in [0.4, 0.5) is 4.79 Å². The highest BCUT2D eigenvalue weighted by Crippen LogP contribution is 2.42. The first-order chi connectivity index (χ1) is 16.6. The number of carbonyl (C=O) groups excluding carboxylic acids is 1. The maximum Gasteiger partial charge on any atom is 0.338 e. The number of rotatable bonds is 6. The molecule has 5 N–H and O–H groups in total. The second-order valence-corrected chi connectivity index (χ2v) is 10.2. The summed E-state index contributed by atoms with van der Waals surface area (Å²) >= 11 is 6.34. The Labute approximate surface area is 207 Å². The largest absolute Gasteiger partial charge is 0.495 e. The molecule has 1 fully saturated rings. The van der Waals surface area contributed by atoms with E-state index < -0.39 is 16.1 Å². The van der Waals surface area contributed by atoms with E-state index in [0.29, 0.717) is 58.7 Å². The Morgan fingerprint density at radius 3 is 2.49 bits per heavy atom. The van der Waals surface area contributed by atoms with E-state index in [1.807, 2.05) is 0 Å². The fourth-order valence-corrected chi connectivity index (χ4v) is 5.35. The van der Waals surface area contributed by atoms with Crippen LogP contribution in [0.2, 0.25) is 5.02 Å². The van der Waals surface area contributed by atoms with Gasteiger partial charge in [-0.1, -0.05) is 23.7 Å². The number of halogens is 1. The summed E-state index contributed by atoms with van der Waals surface area (Å²) in [4.78, 5) is 15.9. The van der Waals surface area contributed by atoms with Gasteiger partial charge < -0.3 is 14.9 Å². The average Bonchev–Trinajstić information content (AvgIpc) is 3.28. The number of benzene rings is 2. The number of primary amides is 1. The molecule has 3 aromatic rings. The first kappa shape index (κ1) is 25.0. The first-order valence-corrected chi connectivity index (χ1v) is 12.8. The number of hydrogen-bond donors (Lipinski definition) is 3. The molecule has 4 rings (SSSR count). The molecule has 1 aliphatic rings. The minimum atomic E-state index is -4.05. The Morgan fingerprint density at radius 1 is 1.20 bits per heavy atom. The summed E-state index contributed by atoms with van der Waals surface area (Å²) in [5, 5.41) is 16.2. The van der Waals surface area contributed by atoms with Crippen LogP contribution >= 0.6 is 11.6 Å². The van der Waals surface area contributed by atoms with Gasteiger partial charge in [0.25, 0.3) is 0 Å². The minimum absolute atomic E-state index is 0.0929. The molecule has 1 saturated carbocycles. The number of primary sulfonamides is 1.